The van der Waals surface area contributed by atoms with Gasteiger partial charge >= 0.3 is 0 Å². The molecule has 25 heavy (non-hydrogen) atoms. The molecule has 0 aliphatic carbocycles. The van der Waals surface area contributed by atoms with E-state index in [9.17, 15) is 8.42 Å². The first-order valence-electron chi connectivity index (χ1n) is 7.95. The molecule has 0 atom stereocenters. The fraction of sp³-hybridized carbons (Fsp3) is 0.353. The van der Waals surface area contributed by atoms with Crippen LogP contribution in [0.3, 0.4) is 0 Å². The minimum Gasteiger partial charge on any atom is -0.495 e. The number of piperazine rings is 1. The average Bonchev–Trinajstić information content (AvgIpc) is 2.63. The summed E-state index contributed by atoms with van der Waals surface area (Å²) in [4.78, 5) is 6.45. The summed E-state index contributed by atoms with van der Waals surface area (Å²) in [6, 6.07) is 8.56. The number of sulfonamides is 1. The van der Waals surface area contributed by atoms with Crippen LogP contribution in [0.1, 0.15) is 5.56 Å². The number of hydrogen-bond acceptors (Lipinski definition) is 5. The van der Waals surface area contributed by atoms with E-state index in [4.69, 9.17) is 16.3 Å². The number of nitrogens with zero attached hydrogens (tertiary/aromatic N) is 3. The Hall–Kier alpha value is -1.67. The highest BCUT2D eigenvalue weighted by molar-refractivity contribution is 7.89. The highest BCUT2D eigenvalue weighted by Crippen LogP contribution is 2.30. The smallest absolute Gasteiger partial charge is 0.246 e. The Morgan fingerprint density at radius 3 is 2.60 bits per heavy atom. The molecule has 2 aromatic rings. The van der Waals surface area contributed by atoms with Crippen LogP contribution in [0.5, 0.6) is 5.75 Å². The molecule has 1 aromatic carbocycles. The Balaban J connectivity index is 1.71. The van der Waals surface area contributed by atoms with Gasteiger partial charge in [-0.05, 0) is 29.8 Å². The van der Waals surface area contributed by atoms with Gasteiger partial charge in [-0.1, -0.05) is 17.7 Å². The van der Waals surface area contributed by atoms with Crippen LogP contribution < -0.4 is 4.74 Å². The SMILES string of the molecule is COc1ccc(Cl)cc1S(=O)(=O)N1CCN(Cc2cccnc2)CC1. The van der Waals surface area contributed by atoms with Crippen LogP contribution in [-0.2, 0) is 16.6 Å². The molecule has 2 heterocycles. The first kappa shape index (κ1) is 18.1. The van der Waals surface area contributed by atoms with Crippen LogP contribution >= 0.6 is 11.6 Å². The van der Waals surface area contributed by atoms with Gasteiger partial charge < -0.3 is 4.74 Å². The fourth-order valence-electron chi connectivity index (χ4n) is 2.87. The zero-order valence-electron chi connectivity index (χ0n) is 13.9. The van der Waals surface area contributed by atoms with E-state index in [0.717, 1.165) is 12.1 Å². The van der Waals surface area contributed by atoms with Gasteiger partial charge in [-0.15, -0.1) is 0 Å². The average molecular weight is 382 g/mol. The maximum Gasteiger partial charge on any atom is 0.246 e. The summed E-state index contributed by atoms with van der Waals surface area (Å²) in [6.07, 6.45) is 3.58. The van der Waals surface area contributed by atoms with Gasteiger partial charge in [0.2, 0.25) is 10.0 Å². The van der Waals surface area contributed by atoms with E-state index in [1.54, 1.807) is 18.3 Å². The van der Waals surface area contributed by atoms with Crippen LogP contribution in [0.15, 0.2) is 47.6 Å². The molecule has 8 heteroatoms. The Morgan fingerprint density at radius 1 is 1.20 bits per heavy atom. The number of benzene rings is 1. The second-order valence-corrected chi connectivity index (χ2v) is 8.18. The number of pyridine rings is 1. The molecule has 0 N–H and O–H groups in total. The quantitative estimate of drug-likeness (QED) is 0.794. The largest absolute Gasteiger partial charge is 0.495 e. The molecule has 0 radical (unpaired) electrons. The Morgan fingerprint density at radius 2 is 1.96 bits per heavy atom. The first-order chi connectivity index (χ1) is 12.0. The number of rotatable bonds is 5. The summed E-state index contributed by atoms with van der Waals surface area (Å²) >= 11 is 5.98. The van der Waals surface area contributed by atoms with Crippen molar-refractivity contribution >= 4 is 21.6 Å². The van der Waals surface area contributed by atoms with Crippen LogP contribution in [0.4, 0.5) is 0 Å². The summed E-state index contributed by atoms with van der Waals surface area (Å²) in [5.41, 5.74) is 1.12. The van der Waals surface area contributed by atoms with Gasteiger partial charge in [0.25, 0.3) is 0 Å². The van der Waals surface area contributed by atoms with Gasteiger partial charge in [-0.25, -0.2) is 8.42 Å². The van der Waals surface area contributed by atoms with E-state index in [0.29, 0.717) is 37.0 Å². The first-order valence-corrected chi connectivity index (χ1v) is 9.77. The van der Waals surface area contributed by atoms with Crippen molar-refractivity contribution < 1.29 is 13.2 Å². The van der Waals surface area contributed by atoms with E-state index in [1.165, 1.54) is 17.5 Å². The van der Waals surface area contributed by atoms with Crippen molar-refractivity contribution in [1.82, 2.24) is 14.2 Å². The highest BCUT2D eigenvalue weighted by atomic mass is 35.5. The molecular formula is C17H20ClN3O3S. The number of hydrogen-bond donors (Lipinski definition) is 0. The third-order valence-electron chi connectivity index (χ3n) is 4.20. The topological polar surface area (TPSA) is 62.7 Å². The van der Waals surface area contributed by atoms with Gasteiger partial charge in [0.1, 0.15) is 10.6 Å². The summed E-state index contributed by atoms with van der Waals surface area (Å²) in [7, 11) is -2.19. The third-order valence-corrected chi connectivity index (χ3v) is 6.36. The molecule has 0 saturated carbocycles. The Labute approximate surface area is 153 Å². The van der Waals surface area contributed by atoms with Crippen molar-refractivity contribution in [3.05, 3.63) is 53.3 Å². The van der Waals surface area contributed by atoms with Crippen molar-refractivity contribution in [2.75, 3.05) is 33.3 Å². The summed E-state index contributed by atoms with van der Waals surface area (Å²) in [5, 5.41) is 0.370. The normalized spacial score (nSPS) is 16.7. The summed E-state index contributed by atoms with van der Waals surface area (Å²) < 4.78 is 32.6. The lowest BCUT2D eigenvalue weighted by atomic mass is 10.2. The van der Waals surface area contributed by atoms with E-state index >= 15 is 0 Å². The molecule has 1 fully saturated rings. The molecule has 0 spiro atoms. The predicted octanol–water partition coefficient (Wildman–Crippen LogP) is 2.25. The molecule has 0 bridgehead atoms. The lowest BCUT2D eigenvalue weighted by Crippen LogP contribution is -2.48. The molecular weight excluding hydrogens is 362 g/mol. The second-order valence-electron chi connectivity index (χ2n) is 5.84. The van der Waals surface area contributed by atoms with E-state index < -0.39 is 10.0 Å². The number of halogens is 1. The number of methoxy groups -OCH3 is 1. The van der Waals surface area contributed by atoms with Crippen LogP contribution in [0.2, 0.25) is 5.02 Å². The molecule has 1 aliphatic heterocycles. The van der Waals surface area contributed by atoms with Crippen molar-refractivity contribution in [2.45, 2.75) is 11.4 Å². The van der Waals surface area contributed by atoms with Crippen molar-refractivity contribution in [2.24, 2.45) is 0 Å². The zero-order valence-corrected chi connectivity index (χ0v) is 15.5. The minimum absolute atomic E-state index is 0.114. The van der Waals surface area contributed by atoms with Gasteiger partial charge in [0.05, 0.1) is 7.11 Å². The molecule has 1 aliphatic rings. The standard InChI is InChI=1S/C17H20ClN3O3S/c1-24-16-5-4-15(18)11-17(16)25(22,23)21-9-7-20(8-10-21)13-14-3-2-6-19-12-14/h2-6,11-12H,7-10,13H2,1H3. The molecule has 1 saturated heterocycles. The van der Waals surface area contributed by atoms with Gasteiger partial charge in [0, 0.05) is 50.1 Å². The van der Waals surface area contributed by atoms with E-state index in [1.807, 2.05) is 18.3 Å². The van der Waals surface area contributed by atoms with Crippen LogP contribution in [-0.4, -0.2) is 55.9 Å². The fourth-order valence-corrected chi connectivity index (χ4v) is 4.71. The Kier molecular flexibility index (Phi) is 5.58. The van der Waals surface area contributed by atoms with Crippen molar-refractivity contribution in [3.8, 4) is 5.75 Å². The maximum atomic E-state index is 12.9. The second kappa shape index (κ2) is 7.70. The molecule has 6 nitrogen and oxygen atoms in total. The highest BCUT2D eigenvalue weighted by Gasteiger charge is 2.31. The summed E-state index contributed by atoms with van der Waals surface area (Å²) in [5.74, 6) is 0.308. The van der Waals surface area contributed by atoms with E-state index in [2.05, 4.69) is 9.88 Å². The minimum atomic E-state index is -3.64. The predicted molar refractivity (Wildman–Crippen MR) is 96.3 cm³/mol. The van der Waals surface area contributed by atoms with Gasteiger partial charge in [0.15, 0.2) is 0 Å². The molecule has 134 valence electrons. The molecule has 0 amide bonds. The van der Waals surface area contributed by atoms with Crippen LogP contribution in [0, 0.1) is 0 Å². The van der Waals surface area contributed by atoms with Gasteiger partial charge in [-0.3, -0.25) is 9.88 Å². The summed E-state index contributed by atoms with van der Waals surface area (Å²) in [6.45, 7) is 2.95. The number of ether oxygens (including phenoxy) is 1. The number of aromatic nitrogens is 1. The van der Waals surface area contributed by atoms with E-state index in [-0.39, 0.29) is 4.90 Å². The monoisotopic (exact) mass is 381 g/mol. The molecule has 1 aromatic heterocycles. The molecule has 0 unspecified atom stereocenters. The van der Waals surface area contributed by atoms with Crippen molar-refractivity contribution in [3.63, 3.8) is 0 Å². The third kappa shape index (κ3) is 4.12. The Bertz CT molecular complexity index is 822. The zero-order chi connectivity index (χ0) is 17.9. The molecule has 3 rings (SSSR count). The van der Waals surface area contributed by atoms with Gasteiger partial charge in [-0.2, -0.15) is 4.31 Å². The lowest BCUT2D eigenvalue weighted by molar-refractivity contribution is 0.181. The lowest BCUT2D eigenvalue weighted by Gasteiger charge is -2.34. The van der Waals surface area contributed by atoms with Crippen molar-refractivity contribution in [1.29, 1.82) is 0 Å². The maximum absolute atomic E-state index is 12.9. The van der Waals surface area contributed by atoms with Crippen LogP contribution in [0.25, 0.3) is 0 Å².